The fraction of sp³-hybridized carbons (Fsp3) is 0.462. The third-order valence-corrected chi connectivity index (χ3v) is 3.08. The Bertz CT molecular complexity index is 365. The van der Waals surface area contributed by atoms with E-state index in [1.54, 1.807) is 6.92 Å². The summed E-state index contributed by atoms with van der Waals surface area (Å²) in [7, 11) is 2.01. The van der Waals surface area contributed by atoms with Crippen molar-refractivity contribution >= 4 is 17.4 Å². The molecule has 0 spiro atoms. The predicted molar refractivity (Wildman–Crippen MR) is 67.7 cm³/mol. The van der Waals surface area contributed by atoms with Crippen molar-refractivity contribution < 1.29 is 4.79 Å². The van der Waals surface area contributed by atoms with Gasteiger partial charge in [-0.05, 0) is 32.5 Å². The highest BCUT2D eigenvalue weighted by Gasteiger charge is 2.12. The SMILES string of the molecule is CC(=O)CC(C)N(C)Cc1ccccc1Cl. The van der Waals surface area contributed by atoms with Crippen LogP contribution in [0, 0.1) is 0 Å². The van der Waals surface area contributed by atoms with Crippen LogP contribution in [0.15, 0.2) is 24.3 Å². The summed E-state index contributed by atoms with van der Waals surface area (Å²) in [6, 6.07) is 8.05. The molecule has 0 radical (unpaired) electrons. The van der Waals surface area contributed by atoms with E-state index in [9.17, 15) is 4.79 Å². The van der Waals surface area contributed by atoms with Crippen LogP contribution < -0.4 is 0 Å². The quantitative estimate of drug-likeness (QED) is 0.787. The molecule has 1 aromatic carbocycles. The van der Waals surface area contributed by atoms with Gasteiger partial charge in [-0.1, -0.05) is 29.8 Å². The molecule has 1 unspecified atom stereocenters. The first-order chi connectivity index (χ1) is 7.50. The Morgan fingerprint density at radius 3 is 2.62 bits per heavy atom. The summed E-state index contributed by atoms with van der Waals surface area (Å²) in [5.74, 6) is 0.221. The minimum Gasteiger partial charge on any atom is -0.300 e. The molecule has 2 nitrogen and oxygen atoms in total. The Hall–Kier alpha value is -0.860. The number of Topliss-reactive ketones (excluding diaryl/α,β-unsaturated/α-hetero) is 1. The molecule has 0 bridgehead atoms. The minimum absolute atomic E-state index is 0.221. The normalized spacial score (nSPS) is 12.8. The van der Waals surface area contributed by atoms with Gasteiger partial charge in [0.2, 0.25) is 0 Å². The van der Waals surface area contributed by atoms with E-state index in [1.807, 2.05) is 31.3 Å². The second kappa shape index (κ2) is 6.02. The molecule has 0 aliphatic rings. The second-order valence-electron chi connectivity index (χ2n) is 4.26. The maximum absolute atomic E-state index is 11.0. The summed E-state index contributed by atoms with van der Waals surface area (Å²) in [6.07, 6.45) is 0.584. The smallest absolute Gasteiger partial charge is 0.131 e. The van der Waals surface area contributed by atoms with Crippen molar-refractivity contribution in [1.29, 1.82) is 0 Å². The first kappa shape index (κ1) is 13.2. The molecule has 16 heavy (non-hydrogen) atoms. The van der Waals surface area contributed by atoms with Crippen LogP contribution >= 0.6 is 11.6 Å². The fourth-order valence-corrected chi connectivity index (χ4v) is 1.82. The molecule has 0 amide bonds. The van der Waals surface area contributed by atoms with E-state index in [0.29, 0.717) is 6.42 Å². The third kappa shape index (κ3) is 3.95. The van der Waals surface area contributed by atoms with Gasteiger partial charge in [0.25, 0.3) is 0 Å². The zero-order valence-corrected chi connectivity index (χ0v) is 10.8. The van der Waals surface area contributed by atoms with Gasteiger partial charge in [0, 0.05) is 24.0 Å². The van der Waals surface area contributed by atoms with Gasteiger partial charge in [0.1, 0.15) is 5.78 Å². The van der Waals surface area contributed by atoms with Gasteiger partial charge in [-0.25, -0.2) is 0 Å². The molecule has 88 valence electrons. The standard InChI is InChI=1S/C13H18ClNO/c1-10(8-11(2)16)15(3)9-12-6-4-5-7-13(12)14/h4-7,10H,8-9H2,1-3H3. The van der Waals surface area contributed by atoms with Crippen molar-refractivity contribution in [2.45, 2.75) is 32.9 Å². The lowest BCUT2D eigenvalue weighted by atomic mass is 10.1. The lowest BCUT2D eigenvalue weighted by Crippen LogP contribution is -2.30. The highest BCUT2D eigenvalue weighted by atomic mass is 35.5. The van der Waals surface area contributed by atoms with Crippen molar-refractivity contribution in [3.8, 4) is 0 Å². The van der Waals surface area contributed by atoms with E-state index >= 15 is 0 Å². The molecule has 0 aliphatic carbocycles. The predicted octanol–water partition coefficient (Wildman–Crippen LogP) is 3.14. The molecule has 0 N–H and O–H groups in total. The van der Waals surface area contributed by atoms with Crippen LogP contribution in [0.1, 0.15) is 25.8 Å². The van der Waals surface area contributed by atoms with E-state index in [1.165, 1.54) is 0 Å². The lowest BCUT2D eigenvalue weighted by Gasteiger charge is -2.24. The van der Waals surface area contributed by atoms with Crippen LogP contribution in [0.4, 0.5) is 0 Å². The van der Waals surface area contributed by atoms with Crippen molar-refractivity contribution in [2.75, 3.05) is 7.05 Å². The Labute approximate surface area is 102 Å². The van der Waals surface area contributed by atoms with Crippen LogP contribution in [0.3, 0.4) is 0 Å². The number of hydrogen-bond donors (Lipinski definition) is 0. The number of benzene rings is 1. The van der Waals surface area contributed by atoms with E-state index < -0.39 is 0 Å². The van der Waals surface area contributed by atoms with Crippen molar-refractivity contribution in [3.05, 3.63) is 34.9 Å². The summed E-state index contributed by atoms with van der Waals surface area (Å²) in [4.78, 5) is 13.2. The Kier molecular flexibility index (Phi) is 4.97. The van der Waals surface area contributed by atoms with Crippen LogP contribution in [-0.4, -0.2) is 23.8 Å². The van der Waals surface area contributed by atoms with Gasteiger partial charge >= 0.3 is 0 Å². The summed E-state index contributed by atoms with van der Waals surface area (Å²) < 4.78 is 0. The third-order valence-electron chi connectivity index (χ3n) is 2.71. The first-order valence-electron chi connectivity index (χ1n) is 5.43. The van der Waals surface area contributed by atoms with Gasteiger partial charge in [-0.2, -0.15) is 0 Å². The first-order valence-corrected chi connectivity index (χ1v) is 5.81. The maximum Gasteiger partial charge on any atom is 0.131 e. The summed E-state index contributed by atoms with van der Waals surface area (Å²) in [5.41, 5.74) is 1.10. The van der Waals surface area contributed by atoms with E-state index in [2.05, 4.69) is 11.8 Å². The number of carbonyl (C=O) groups excluding carboxylic acids is 1. The molecule has 0 fully saturated rings. The van der Waals surface area contributed by atoms with Gasteiger partial charge < -0.3 is 0 Å². The Morgan fingerprint density at radius 2 is 2.06 bits per heavy atom. The molecule has 3 heteroatoms. The van der Waals surface area contributed by atoms with E-state index in [-0.39, 0.29) is 11.8 Å². The zero-order valence-electron chi connectivity index (χ0n) is 10.0. The minimum atomic E-state index is 0.221. The average molecular weight is 240 g/mol. The van der Waals surface area contributed by atoms with Crippen molar-refractivity contribution in [2.24, 2.45) is 0 Å². The van der Waals surface area contributed by atoms with E-state index in [0.717, 1.165) is 17.1 Å². The molecule has 1 rings (SSSR count). The Morgan fingerprint density at radius 1 is 1.44 bits per heavy atom. The topological polar surface area (TPSA) is 20.3 Å². The van der Waals surface area contributed by atoms with Gasteiger partial charge in [-0.3, -0.25) is 9.69 Å². The highest BCUT2D eigenvalue weighted by Crippen LogP contribution is 2.17. The molecule has 1 aromatic rings. The highest BCUT2D eigenvalue weighted by molar-refractivity contribution is 6.31. The summed E-state index contributed by atoms with van der Waals surface area (Å²) >= 11 is 6.09. The van der Waals surface area contributed by atoms with E-state index in [4.69, 9.17) is 11.6 Å². The van der Waals surface area contributed by atoms with Crippen molar-refractivity contribution in [3.63, 3.8) is 0 Å². The molecular formula is C13H18ClNO. The lowest BCUT2D eigenvalue weighted by molar-refractivity contribution is -0.118. The maximum atomic E-state index is 11.0. The monoisotopic (exact) mass is 239 g/mol. The van der Waals surface area contributed by atoms with Crippen LogP contribution in [-0.2, 0) is 11.3 Å². The van der Waals surface area contributed by atoms with Gasteiger partial charge in [-0.15, -0.1) is 0 Å². The van der Waals surface area contributed by atoms with Crippen LogP contribution in [0.25, 0.3) is 0 Å². The van der Waals surface area contributed by atoms with Crippen molar-refractivity contribution in [1.82, 2.24) is 4.90 Å². The average Bonchev–Trinajstić information content (AvgIpc) is 2.20. The molecule has 1 atom stereocenters. The van der Waals surface area contributed by atoms with Crippen LogP contribution in [0.5, 0.6) is 0 Å². The molecule has 0 heterocycles. The number of hydrogen-bond acceptors (Lipinski definition) is 2. The summed E-state index contributed by atoms with van der Waals surface area (Å²) in [6.45, 7) is 4.45. The zero-order chi connectivity index (χ0) is 12.1. The molecule has 0 aliphatic heterocycles. The molecule has 0 aromatic heterocycles. The molecular weight excluding hydrogens is 222 g/mol. The number of ketones is 1. The fourth-order valence-electron chi connectivity index (χ4n) is 1.62. The van der Waals surface area contributed by atoms with Gasteiger partial charge in [0.15, 0.2) is 0 Å². The second-order valence-corrected chi connectivity index (χ2v) is 4.67. The van der Waals surface area contributed by atoms with Crippen LogP contribution in [0.2, 0.25) is 5.02 Å². The number of nitrogens with zero attached hydrogens (tertiary/aromatic N) is 1. The largest absolute Gasteiger partial charge is 0.300 e. The van der Waals surface area contributed by atoms with Gasteiger partial charge in [0.05, 0.1) is 0 Å². The Balaban J connectivity index is 2.60. The number of carbonyl (C=O) groups is 1. The number of rotatable bonds is 5. The molecule has 0 saturated carbocycles. The summed E-state index contributed by atoms with van der Waals surface area (Å²) in [5, 5.41) is 0.782. The number of halogens is 1. The molecule has 0 saturated heterocycles.